The number of ether oxygens (including phenoxy) is 3. The molecule has 0 fully saturated rings. The van der Waals surface area contributed by atoms with Crippen LogP contribution in [-0.2, 0) is 14.2 Å². The lowest BCUT2D eigenvalue weighted by atomic mass is 10.0. The predicted octanol–water partition coefficient (Wildman–Crippen LogP) is 7.90. The second-order valence-corrected chi connectivity index (χ2v) is 12.6. The van der Waals surface area contributed by atoms with Crippen LogP contribution < -0.4 is 5.32 Å². The fraction of sp³-hybridized carbons (Fsp3) is 0.310. The van der Waals surface area contributed by atoms with Crippen LogP contribution in [0.25, 0.3) is 11.1 Å². The van der Waals surface area contributed by atoms with Crippen molar-refractivity contribution in [2.75, 3.05) is 46.7 Å². The molecule has 1 aromatic rings. The zero-order valence-electron chi connectivity index (χ0n) is 29.6. The molecule has 0 spiro atoms. The van der Waals surface area contributed by atoms with Gasteiger partial charge >= 0.3 is 0 Å². The molecule has 0 saturated heterocycles. The number of fused-ring (bicyclic) bond motifs is 5. The molecule has 0 amide bonds. The van der Waals surface area contributed by atoms with Crippen molar-refractivity contribution in [2.24, 2.45) is 15.0 Å². The standard InChI is InChI=1S/C42H48N6O3/c1-5-24-49-27-8-11-30-33-14-16-35(44-33)31(12-9-28-50-25-6-2)37-18-20-39(46-37)41(42-43-22-23-48(42)4)40-21-19-38(47-40)32(13-10-29-51-26-7-3)36-17-15-34(30)45-36/h5-7,14-23,43,46H,1-3,8-13,24-29H2,4H3/b34-30?,35-31?,38-32?,42-41+. The molecule has 1 aromatic heterocycles. The second-order valence-electron chi connectivity index (χ2n) is 12.6. The van der Waals surface area contributed by atoms with Gasteiger partial charge in [0.2, 0.25) is 0 Å². The molecule has 0 unspecified atom stereocenters. The summed E-state index contributed by atoms with van der Waals surface area (Å²) in [6, 6.07) is 4.30. The van der Waals surface area contributed by atoms with Crippen molar-refractivity contribution < 1.29 is 14.2 Å². The Morgan fingerprint density at radius 2 is 1.10 bits per heavy atom. The Morgan fingerprint density at radius 1 is 0.627 bits per heavy atom. The molecule has 0 saturated carbocycles. The van der Waals surface area contributed by atoms with E-state index >= 15 is 0 Å². The summed E-state index contributed by atoms with van der Waals surface area (Å²) >= 11 is 0. The van der Waals surface area contributed by atoms with Crippen molar-refractivity contribution in [1.82, 2.24) is 15.2 Å². The third-order valence-corrected chi connectivity index (χ3v) is 8.96. The van der Waals surface area contributed by atoms with E-state index in [1.165, 1.54) is 0 Å². The van der Waals surface area contributed by atoms with Crippen molar-refractivity contribution in [1.29, 1.82) is 0 Å². The van der Waals surface area contributed by atoms with Gasteiger partial charge in [-0.1, -0.05) is 18.2 Å². The largest absolute Gasteiger partial charge is 0.377 e. The molecule has 6 heterocycles. The lowest BCUT2D eigenvalue weighted by molar-refractivity contribution is 0.160. The van der Waals surface area contributed by atoms with Gasteiger partial charge in [-0.25, -0.2) is 15.0 Å². The van der Waals surface area contributed by atoms with Crippen molar-refractivity contribution in [3.05, 3.63) is 144 Å². The lowest BCUT2D eigenvalue weighted by Gasteiger charge is -2.17. The van der Waals surface area contributed by atoms with Gasteiger partial charge in [-0.05, 0) is 87.1 Å². The van der Waals surface area contributed by atoms with Gasteiger partial charge in [-0.15, -0.1) is 19.7 Å². The maximum atomic E-state index is 5.77. The molecule has 5 aliphatic heterocycles. The van der Waals surface area contributed by atoms with Crippen molar-refractivity contribution >= 4 is 28.3 Å². The number of allylic oxidation sites excluding steroid dienone is 10. The fourth-order valence-electron chi connectivity index (χ4n) is 6.55. The first-order chi connectivity index (χ1) is 25.1. The summed E-state index contributed by atoms with van der Waals surface area (Å²) in [4.78, 5) is 21.7. The van der Waals surface area contributed by atoms with Crippen LogP contribution in [0, 0.1) is 0 Å². The van der Waals surface area contributed by atoms with Crippen LogP contribution in [-0.4, -0.2) is 73.7 Å². The second kappa shape index (κ2) is 17.7. The van der Waals surface area contributed by atoms with Crippen molar-refractivity contribution in [2.45, 2.75) is 38.5 Å². The number of nitrogens with one attached hydrogen (secondary N) is 2. The first kappa shape index (κ1) is 35.7. The Bertz CT molecular complexity index is 1870. The van der Waals surface area contributed by atoms with E-state index in [1.54, 1.807) is 18.2 Å². The van der Waals surface area contributed by atoms with Crippen LogP contribution in [0.2, 0.25) is 0 Å². The quantitative estimate of drug-likeness (QED) is 0.121. The van der Waals surface area contributed by atoms with E-state index < -0.39 is 0 Å². The number of aromatic amines is 1. The van der Waals surface area contributed by atoms with Gasteiger partial charge in [-0.3, -0.25) is 0 Å². The third-order valence-electron chi connectivity index (χ3n) is 8.96. The highest BCUT2D eigenvalue weighted by Crippen LogP contribution is 2.35. The van der Waals surface area contributed by atoms with E-state index in [0.29, 0.717) is 39.6 Å². The molecule has 6 rings (SSSR count). The highest BCUT2D eigenvalue weighted by Gasteiger charge is 2.26. The summed E-state index contributed by atoms with van der Waals surface area (Å²) in [6.07, 6.45) is 26.9. The molecule has 51 heavy (non-hydrogen) atoms. The Hall–Kier alpha value is -5.09. The topological polar surface area (TPSA) is 95.8 Å². The molecular weight excluding hydrogens is 637 g/mol. The maximum absolute atomic E-state index is 5.77. The van der Waals surface area contributed by atoms with Gasteiger partial charge < -0.3 is 29.4 Å². The normalized spacial score (nSPS) is 19.0. The Balaban J connectivity index is 1.49. The van der Waals surface area contributed by atoms with Crippen LogP contribution in [0.5, 0.6) is 0 Å². The molecular formula is C42H48N6O3. The summed E-state index contributed by atoms with van der Waals surface area (Å²) in [5.74, 6) is 0.951. The number of nitrogens with zero attached hydrogens (tertiary/aromatic N) is 4. The lowest BCUT2D eigenvalue weighted by Crippen LogP contribution is -2.19. The van der Waals surface area contributed by atoms with Gasteiger partial charge in [0.15, 0.2) is 0 Å². The number of rotatable bonds is 18. The van der Waals surface area contributed by atoms with Crippen LogP contribution in [0.1, 0.15) is 49.9 Å². The number of H-pyrrole nitrogens is 1. The monoisotopic (exact) mass is 684 g/mol. The smallest absolute Gasteiger partial charge is 0.121 e. The number of hydrogen-bond donors (Lipinski definition) is 2. The van der Waals surface area contributed by atoms with E-state index in [4.69, 9.17) is 29.2 Å². The Kier molecular flexibility index (Phi) is 12.4. The first-order valence-corrected chi connectivity index (χ1v) is 17.8. The van der Waals surface area contributed by atoms with Crippen molar-refractivity contribution in [3.8, 4) is 0 Å². The highest BCUT2D eigenvalue weighted by molar-refractivity contribution is 6.31. The zero-order chi connectivity index (χ0) is 35.4. The van der Waals surface area contributed by atoms with E-state index in [2.05, 4.69) is 83.5 Å². The number of aromatic nitrogens is 1. The van der Waals surface area contributed by atoms with Crippen LogP contribution in [0.3, 0.4) is 0 Å². The van der Waals surface area contributed by atoms with Crippen molar-refractivity contribution in [3.63, 3.8) is 0 Å². The SMILES string of the molecule is C=CCOCCCC1=C2C=CC(=N2)C(CCCOCC=C)=C2C=CC(=N2)/C(=C2\NC=CN2C)c2ccc([nH]2)C(CCCOCC=C)=C2C=CC1=N2. The van der Waals surface area contributed by atoms with E-state index in [0.717, 1.165) is 112 Å². The molecule has 0 aliphatic carbocycles. The molecule has 8 bridgehead atoms. The minimum atomic E-state index is 0.530. The molecule has 0 radical (unpaired) electrons. The summed E-state index contributed by atoms with van der Waals surface area (Å²) in [6.45, 7) is 14.8. The summed E-state index contributed by atoms with van der Waals surface area (Å²) < 4.78 is 17.3. The molecule has 0 atom stereocenters. The Morgan fingerprint density at radius 3 is 1.61 bits per heavy atom. The van der Waals surface area contributed by atoms with Crippen LogP contribution in [0.4, 0.5) is 0 Å². The Labute approximate surface area is 301 Å². The summed E-state index contributed by atoms with van der Waals surface area (Å²) in [5.41, 5.74) is 11.8. The first-order valence-electron chi connectivity index (χ1n) is 17.8. The summed E-state index contributed by atoms with van der Waals surface area (Å²) in [7, 11) is 2.04. The van der Waals surface area contributed by atoms with E-state index in [-0.39, 0.29) is 0 Å². The van der Waals surface area contributed by atoms with E-state index in [1.807, 2.05) is 19.4 Å². The fourth-order valence-corrected chi connectivity index (χ4v) is 6.55. The summed E-state index contributed by atoms with van der Waals surface area (Å²) in [5, 5.41) is 3.45. The molecule has 5 aliphatic rings. The molecule has 9 heteroatoms. The van der Waals surface area contributed by atoms with Gasteiger partial charge in [0.05, 0.1) is 65.3 Å². The minimum Gasteiger partial charge on any atom is -0.377 e. The van der Waals surface area contributed by atoms with Gasteiger partial charge in [0.1, 0.15) is 5.82 Å². The van der Waals surface area contributed by atoms with Crippen LogP contribution in [0.15, 0.2) is 148 Å². The molecule has 264 valence electrons. The van der Waals surface area contributed by atoms with Gasteiger partial charge in [-0.2, -0.15) is 0 Å². The molecule has 0 aromatic carbocycles. The molecule has 2 N–H and O–H groups in total. The highest BCUT2D eigenvalue weighted by atomic mass is 16.5. The average Bonchev–Trinajstić information content (AvgIpc) is 3.99. The van der Waals surface area contributed by atoms with Gasteiger partial charge in [0.25, 0.3) is 0 Å². The third kappa shape index (κ3) is 8.63. The minimum absolute atomic E-state index is 0.530. The predicted molar refractivity (Wildman–Crippen MR) is 209 cm³/mol. The van der Waals surface area contributed by atoms with Crippen LogP contribution >= 0.6 is 0 Å². The van der Waals surface area contributed by atoms with E-state index in [9.17, 15) is 0 Å². The number of aliphatic imine (C=N–C) groups is 3. The zero-order valence-corrected chi connectivity index (χ0v) is 29.6. The average molecular weight is 685 g/mol. The maximum Gasteiger partial charge on any atom is 0.121 e. The van der Waals surface area contributed by atoms with Gasteiger partial charge in [0, 0.05) is 61.7 Å². The number of hydrogen-bond acceptors (Lipinski definition) is 8. The molecule has 9 nitrogen and oxygen atoms in total.